The van der Waals surface area contributed by atoms with Gasteiger partial charge in [-0.3, -0.25) is 0 Å². The highest BCUT2D eigenvalue weighted by Crippen LogP contribution is 2.19. The second-order valence-electron chi connectivity index (χ2n) is 6.84. The van der Waals surface area contributed by atoms with E-state index in [0.717, 1.165) is 19.5 Å². The third-order valence-electron chi connectivity index (χ3n) is 2.25. The van der Waals surface area contributed by atoms with Crippen molar-refractivity contribution in [2.24, 2.45) is 5.41 Å². The maximum Gasteiger partial charge on any atom is 0.407 e. The summed E-state index contributed by atoms with van der Waals surface area (Å²) in [5.74, 6) is 0. The summed E-state index contributed by atoms with van der Waals surface area (Å²) in [6.45, 7) is 14.7. The van der Waals surface area contributed by atoms with Crippen molar-refractivity contribution in [2.75, 3.05) is 19.6 Å². The van der Waals surface area contributed by atoms with Gasteiger partial charge in [-0.1, -0.05) is 20.8 Å². The lowest BCUT2D eigenvalue weighted by molar-refractivity contribution is 0.0528. The molecule has 0 aromatic carbocycles. The van der Waals surface area contributed by atoms with Gasteiger partial charge in [0.2, 0.25) is 0 Å². The summed E-state index contributed by atoms with van der Waals surface area (Å²) in [5, 5.41) is 6.03. The Morgan fingerprint density at radius 2 is 1.61 bits per heavy atom. The van der Waals surface area contributed by atoms with Gasteiger partial charge in [-0.25, -0.2) is 4.79 Å². The van der Waals surface area contributed by atoms with Crippen molar-refractivity contribution in [1.29, 1.82) is 0 Å². The maximum atomic E-state index is 11.3. The number of amides is 1. The van der Waals surface area contributed by atoms with Crippen LogP contribution < -0.4 is 10.6 Å². The van der Waals surface area contributed by atoms with E-state index in [0.29, 0.717) is 12.0 Å². The van der Waals surface area contributed by atoms with Gasteiger partial charge in [0, 0.05) is 13.1 Å². The lowest BCUT2D eigenvalue weighted by Crippen LogP contribution is -2.36. The Morgan fingerprint density at radius 3 is 2.11 bits per heavy atom. The normalized spacial score (nSPS) is 12.3. The Kier molecular flexibility index (Phi) is 7.29. The third-order valence-corrected chi connectivity index (χ3v) is 2.25. The van der Waals surface area contributed by atoms with Crippen LogP contribution in [0.4, 0.5) is 4.79 Å². The molecule has 0 saturated heterocycles. The van der Waals surface area contributed by atoms with Gasteiger partial charge < -0.3 is 15.4 Å². The minimum absolute atomic E-state index is 0.348. The molecule has 4 heteroatoms. The van der Waals surface area contributed by atoms with Crippen molar-refractivity contribution < 1.29 is 9.53 Å². The highest BCUT2D eigenvalue weighted by molar-refractivity contribution is 5.67. The Balaban J connectivity index is 3.39. The Hall–Kier alpha value is -0.770. The lowest BCUT2D eigenvalue weighted by Gasteiger charge is -2.20. The van der Waals surface area contributed by atoms with Gasteiger partial charge in [-0.05, 0) is 45.6 Å². The van der Waals surface area contributed by atoms with Crippen LogP contribution in [-0.2, 0) is 4.74 Å². The lowest BCUT2D eigenvalue weighted by atomic mass is 9.91. The number of ether oxygens (including phenoxy) is 1. The first-order valence-corrected chi connectivity index (χ1v) is 6.78. The summed E-state index contributed by atoms with van der Waals surface area (Å²) < 4.78 is 5.13. The third kappa shape index (κ3) is 13.3. The fourth-order valence-corrected chi connectivity index (χ4v) is 1.44. The number of rotatable bonds is 6. The van der Waals surface area contributed by atoms with Gasteiger partial charge in [-0.15, -0.1) is 0 Å². The molecular formula is C14H30N2O2. The van der Waals surface area contributed by atoms with Crippen molar-refractivity contribution in [3.63, 3.8) is 0 Å². The molecule has 4 nitrogen and oxygen atoms in total. The Morgan fingerprint density at radius 1 is 1.00 bits per heavy atom. The molecule has 108 valence electrons. The van der Waals surface area contributed by atoms with E-state index in [2.05, 4.69) is 31.4 Å². The van der Waals surface area contributed by atoms with Gasteiger partial charge in [0.1, 0.15) is 5.60 Å². The van der Waals surface area contributed by atoms with Crippen LogP contribution in [0.25, 0.3) is 0 Å². The van der Waals surface area contributed by atoms with Crippen molar-refractivity contribution in [2.45, 2.75) is 60.0 Å². The fourth-order valence-electron chi connectivity index (χ4n) is 1.44. The second kappa shape index (κ2) is 7.62. The molecule has 0 unspecified atom stereocenters. The Bertz CT molecular complexity index is 239. The molecule has 1 amide bonds. The number of alkyl carbamates (subject to hydrolysis) is 1. The van der Waals surface area contributed by atoms with E-state index in [4.69, 9.17) is 4.74 Å². The Labute approximate surface area is 112 Å². The van der Waals surface area contributed by atoms with E-state index in [1.54, 1.807) is 0 Å². The quantitative estimate of drug-likeness (QED) is 0.720. The molecule has 0 aromatic heterocycles. The van der Waals surface area contributed by atoms with Crippen molar-refractivity contribution in [3.05, 3.63) is 0 Å². The first-order valence-electron chi connectivity index (χ1n) is 6.78. The summed E-state index contributed by atoms with van der Waals surface area (Å²) in [6, 6.07) is 0. The predicted octanol–water partition coefficient (Wildman–Crippen LogP) is 2.93. The zero-order valence-electron chi connectivity index (χ0n) is 12.9. The van der Waals surface area contributed by atoms with Crippen LogP contribution in [0.5, 0.6) is 0 Å². The molecule has 0 spiro atoms. The number of carbonyl (C=O) groups excluding carboxylic acids is 1. The molecule has 0 heterocycles. The highest BCUT2D eigenvalue weighted by Gasteiger charge is 2.15. The first-order chi connectivity index (χ1) is 8.10. The summed E-state index contributed by atoms with van der Waals surface area (Å²) >= 11 is 0. The van der Waals surface area contributed by atoms with E-state index in [1.807, 2.05) is 20.8 Å². The van der Waals surface area contributed by atoms with Crippen LogP contribution in [0.2, 0.25) is 0 Å². The van der Waals surface area contributed by atoms with Crippen LogP contribution in [0.15, 0.2) is 0 Å². The SMILES string of the molecule is CC(C)(C)CCCNCCNC(=O)OC(C)(C)C. The minimum atomic E-state index is -0.426. The van der Waals surface area contributed by atoms with Crippen LogP contribution in [-0.4, -0.2) is 31.3 Å². The molecule has 0 rings (SSSR count). The zero-order valence-corrected chi connectivity index (χ0v) is 12.9. The highest BCUT2D eigenvalue weighted by atomic mass is 16.6. The number of carbonyl (C=O) groups is 1. The molecular weight excluding hydrogens is 228 g/mol. The second-order valence-corrected chi connectivity index (χ2v) is 6.84. The number of hydrogen-bond acceptors (Lipinski definition) is 3. The molecule has 0 fully saturated rings. The molecule has 0 aliphatic carbocycles. The number of nitrogens with one attached hydrogen (secondary N) is 2. The average molecular weight is 258 g/mol. The van der Waals surface area contributed by atoms with Crippen LogP contribution in [0.1, 0.15) is 54.4 Å². The van der Waals surface area contributed by atoms with Gasteiger partial charge in [0.05, 0.1) is 0 Å². The molecule has 18 heavy (non-hydrogen) atoms. The zero-order chi connectivity index (χ0) is 14.2. The van der Waals surface area contributed by atoms with Crippen LogP contribution >= 0.6 is 0 Å². The molecule has 2 N–H and O–H groups in total. The monoisotopic (exact) mass is 258 g/mol. The van der Waals surface area contributed by atoms with E-state index in [9.17, 15) is 4.79 Å². The van der Waals surface area contributed by atoms with Crippen molar-refractivity contribution in [3.8, 4) is 0 Å². The van der Waals surface area contributed by atoms with E-state index in [-0.39, 0.29) is 6.09 Å². The standard InChI is InChI=1S/C14H30N2O2/c1-13(2,3)8-7-9-15-10-11-16-12(17)18-14(4,5)6/h15H,7-11H2,1-6H3,(H,16,17). The van der Waals surface area contributed by atoms with E-state index in [1.165, 1.54) is 6.42 Å². The topological polar surface area (TPSA) is 50.4 Å². The molecule has 0 radical (unpaired) electrons. The maximum absolute atomic E-state index is 11.3. The van der Waals surface area contributed by atoms with E-state index < -0.39 is 5.60 Å². The molecule has 0 bridgehead atoms. The molecule has 0 aliphatic rings. The van der Waals surface area contributed by atoms with Crippen molar-refractivity contribution >= 4 is 6.09 Å². The van der Waals surface area contributed by atoms with Crippen LogP contribution in [0, 0.1) is 5.41 Å². The largest absolute Gasteiger partial charge is 0.444 e. The summed E-state index contributed by atoms with van der Waals surface area (Å²) in [6.07, 6.45) is 2.02. The van der Waals surface area contributed by atoms with Crippen molar-refractivity contribution in [1.82, 2.24) is 10.6 Å². The number of hydrogen-bond donors (Lipinski definition) is 2. The molecule has 0 saturated carbocycles. The smallest absolute Gasteiger partial charge is 0.407 e. The molecule has 0 atom stereocenters. The summed E-state index contributed by atoms with van der Waals surface area (Å²) in [7, 11) is 0. The predicted molar refractivity (Wildman–Crippen MR) is 75.8 cm³/mol. The van der Waals surface area contributed by atoms with E-state index >= 15 is 0 Å². The van der Waals surface area contributed by atoms with Gasteiger partial charge in [0.15, 0.2) is 0 Å². The molecule has 0 aliphatic heterocycles. The van der Waals surface area contributed by atoms with Gasteiger partial charge >= 0.3 is 6.09 Å². The first kappa shape index (κ1) is 17.2. The van der Waals surface area contributed by atoms with Gasteiger partial charge in [0.25, 0.3) is 0 Å². The van der Waals surface area contributed by atoms with Gasteiger partial charge in [-0.2, -0.15) is 0 Å². The fraction of sp³-hybridized carbons (Fsp3) is 0.929. The van der Waals surface area contributed by atoms with Crippen LogP contribution in [0.3, 0.4) is 0 Å². The molecule has 0 aromatic rings. The summed E-state index contributed by atoms with van der Waals surface area (Å²) in [5.41, 5.74) is -0.0271. The average Bonchev–Trinajstić information content (AvgIpc) is 2.11. The summed E-state index contributed by atoms with van der Waals surface area (Å²) in [4.78, 5) is 11.3. The minimum Gasteiger partial charge on any atom is -0.444 e.